The van der Waals surface area contributed by atoms with Crippen LogP contribution in [0.5, 0.6) is 0 Å². The van der Waals surface area contributed by atoms with E-state index in [0.29, 0.717) is 16.8 Å². The van der Waals surface area contributed by atoms with Gasteiger partial charge < -0.3 is 27.9 Å². The predicted molar refractivity (Wildman–Crippen MR) is 136 cm³/mol. The monoisotopic (exact) mass is 538 g/mol. The molecule has 0 fully saturated rings. The topological polar surface area (TPSA) is 167 Å². The number of aromatic nitrogens is 2. The van der Waals surface area contributed by atoms with Crippen LogP contribution in [-0.4, -0.2) is 21.8 Å². The smallest absolute Gasteiger partial charge is 0.250 e. The molecule has 0 aliphatic heterocycles. The average Bonchev–Trinajstić information content (AvgIpc) is 3.15. The Morgan fingerprint density at radius 3 is 1.94 bits per heavy atom. The summed E-state index contributed by atoms with van der Waals surface area (Å²) in [4.78, 5) is 29.7. The summed E-state index contributed by atoms with van der Waals surface area (Å²) in [5.41, 5.74) is 24.9. The number of fused-ring (bicyclic) bond motifs is 1. The molecule has 11 heteroatoms. The number of nitrogens with zero attached hydrogens (tertiary/aromatic N) is 1. The first-order valence-electron chi connectivity index (χ1n) is 8.76. The number of halogens is 3. The number of rotatable bonds is 3. The molecule has 8 nitrogen and oxygen atoms in total. The molecule has 0 radical (unpaired) electrons. The SMILES string of the molecule is Cl.Cl.NC(=O)c1cccc(N)c1N.NC(=O)c1cccc2[nH]c(-c3ccc(Br)cc3)nc12. The second-order valence-corrected chi connectivity index (χ2v) is 7.25. The number of hydrogen-bond donors (Lipinski definition) is 5. The minimum absolute atomic E-state index is 0. The number of carbonyl (C=O) groups is 2. The van der Waals surface area contributed by atoms with Crippen molar-refractivity contribution in [3.63, 3.8) is 0 Å². The molecule has 32 heavy (non-hydrogen) atoms. The quantitative estimate of drug-likeness (QED) is 0.248. The van der Waals surface area contributed by atoms with E-state index in [-0.39, 0.29) is 36.1 Å². The molecule has 0 bridgehead atoms. The number of amides is 2. The lowest BCUT2D eigenvalue weighted by Crippen LogP contribution is -2.14. The molecular weight excluding hydrogens is 519 g/mol. The molecule has 4 rings (SSSR count). The Morgan fingerprint density at radius 1 is 0.812 bits per heavy atom. The molecule has 0 spiro atoms. The van der Waals surface area contributed by atoms with Gasteiger partial charge in [-0.15, -0.1) is 24.8 Å². The average molecular weight is 540 g/mol. The maximum Gasteiger partial charge on any atom is 0.250 e. The lowest BCUT2D eigenvalue weighted by Gasteiger charge is -2.02. The van der Waals surface area contributed by atoms with Crippen molar-refractivity contribution >= 4 is 75.0 Å². The summed E-state index contributed by atoms with van der Waals surface area (Å²) >= 11 is 3.39. The van der Waals surface area contributed by atoms with Crippen molar-refractivity contribution in [2.24, 2.45) is 11.5 Å². The van der Waals surface area contributed by atoms with Crippen LogP contribution in [0.15, 0.2) is 65.1 Å². The maximum absolute atomic E-state index is 11.4. The van der Waals surface area contributed by atoms with Gasteiger partial charge in [0.15, 0.2) is 0 Å². The molecule has 1 aromatic heterocycles. The van der Waals surface area contributed by atoms with Gasteiger partial charge in [0, 0.05) is 10.0 Å². The highest BCUT2D eigenvalue weighted by molar-refractivity contribution is 9.10. The number of primary amides is 2. The first kappa shape index (κ1) is 26.8. The molecule has 2 amide bonds. The standard InChI is InChI=1S/C14H10BrN3O.C7H9N3O.2ClH/c15-9-6-4-8(5-7-9)14-17-11-3-1-2-10(13(16)19)12(11)18-14;8-5-3-1-2-4(6(5)9)7(10)11;;/h1-7H,(H2,16,19)(H,17,18);1-3H,8-9H2,(H2,10,11);2*1H. The van der Waals surface area contributed by atoms with E-state index in [2.05, 4.69) is 25.9 Å². The Kier molecular flexibility index (Phi) is 9.52. The second-order valence-electron chi connectivity index (χ2n) is 6.33. The number of carbonyl (C=O) groups excluding carboxylic acids is 2. The van der Waals surface area contributed by atoms with Gasteiger partial charge in [0.25, 0.3) is 11.8 Å². The maximum atomic E-state index is 11.4. The number of anilines is 2. The third kappa shape index (κ3) is 5.91. The van der Waals surface area contributed by atoms with Gasteiger partial charge in [0.05, 0.1) is 28.0 Å². The molecule has 0 saturated heterocycles. The van der Waals surface area contributed by atoms with Crippen LogP contribution in [0.4, 0.5) is 11.4 Å². The van der Waals surface area contributed by atoms with Crippen molar-refractivity contribution < 1.29 is 9.59 Å². The Morgan fingerprint density at radius 2 is 1.38 bits per heavy atom. The number of para-hydroxylation sites is 2. The van der Waals surface area contributed by atoms with E-state index in [1.165, 1.54) is 6.07 Å². The number of aromatic amines is 1. The number of nitrogens with one attached hydrogen (secondary N) is 1. The zero-order valence-corrected chi connectivity index (χ0v) is 19.8. The highest BCUT2D eigenvalue weighted by Gasteiger charge is 2.11. The van der Waals surface area contributed by atoms with E-state index in [1.54, 1.807) is 24.3 Å². The van der Waals surface area contributed by atoms with Crippen molar-refractivity contribution in [1.82, 2.24) is 9.97 Å². The number of nitrogens with two attached hydrogens (primary N) is 4. The number of benzene rings is 3. The van der Waals surface area contributed by atoms with Crippen LogP contribution in [0.3, 0.4) is 0 Å². The molecule has 0 aliphatic carbocycles. The summed E-state index contributed by atoms with van der Waals surface area (Å²) in [5.74, 6) is -0.314. The zero-order valence-electron chi connectivity index (χ0n) is 16.5. The van der Waals surface area contributed by atoms with E-state index in [4.69, 9.17) is 22.9 Å². The lowest BCUT2D eigenvalue weighted by molar-refractivity contribution is 0.0993. The van der Waals surface area contributed by atoms with Crippen molar-refractivity contribution in [2.75, 3.05) is 11.5 Å². The van der Waals surface area contributed by atoms with Gasteiger partial charge in [-0.2, -0.15) is 0 Å². The van der Waals surface area contributed by atoms with Gasteiger partial charge in [-0.05, 0) is 36.4 Å². The van der Waals surface area contributed by atoms with E-state index < -0.39 is 11.8 Å². The molecule has 4 aromatic rings. The molecule has 0 aliphatic rings. The predicted octanol–water partition coefficient (Wildman–Crippen LogP) is 3.88. The summed E-state index contributed by atoms with van der Waals surface area (Å²) in [5, 5.41) is 0. The van der Waals surface area contributed by atoms with Crippen LogP contribution in [0, 0.1) is 0 Å². The minimum Gasteiger partial charge on any atom is -0.397 e. The fraction of sp³-hybridized carbons (Fsp3) is 0. The Labute approximate surface area is 204 Å². The molecule has 0 saturated carbocycles. The highest BCUT2D eigenvalue weighted by atomic mass is 79.9. The largest absolute Gasteiger partial charge is 0.397 e. The van der Waals surface area contributed by atoms with Crippen molar-refractivity contribution in [3.05, 3.63) is 76.3 Å². The summed E-state index contributed by atoms with van der Waals surface area (Å²) in [6, 6.07) is 17.9. The van der Waals surface area contributed by atoms with E-state index in [1.807, 2.05) is 30.3 Å². The first-order valence-corrected chi connectivity index (χ1v) is 9.55. The number of imidazole rings is 1. The minimum atomic E-state index is -0.560. The zero-order chi connectivity index (χ0) is 21.8. The fourth-order valence-electron chi connectivity index (χ4n) is 2.77. The molecule has 168 valence electrons. The number of hydrogen-bond acceptors (Lipinski definition) is 5. The molecular formula is C21H21BrCl2N6O2. The van der Waals surface area contributed by atoms with Gasteiger partial charge in [-0.1, -0.05) is 40.2 Å². The van der Waals surface area contributed by atoms with E-state index in [9.17, 15) is 9.59 Å². The van der Waals surface area contributed by atoms with Crippen LogP contribution in [0.25, 0.3) is 22.4 Å². The van der Waals surface area contributed by atoms with Crippen molar-refractivity contribution in [2.45, 2.75) is 0 Å². The first-order chi connectivity index (χ1) is 14.3. The van der Waals surface area contributed by atoms with Gasteiger partial charge >= 0.3 is 0 Å². The Bertz CT molecular complexity index is 1250. The van der Waals surface area contributed by atoms with E-state index >= 15 is 0 Å². The summed E-state index contributed by atoms with van der Waals surface area (Å²) in [6.07, 6.45) is 0. The normalized spacial score (nSPS) is 9.66. The fourth-order valence-corrected chi connectivity index (χ4v) is 3.04. The van der Waals surface area contributed by atoms with Crippen LogP contribution in [0.1, 0.15) is 20.7 Å². The highest BCUT2D eigenvalue weighted by Crippen LogP contribution is 2.24. The van der Waals surface area contributed by atoms with Gasteiger partial charge in [0.1, 0.15) is 11.3 Å². The third-order valence-corrected chi connectivity index (χ3v) is 4.83. The molecule has 9 N–H and O–H groups in total. The van der Waals surface area contributed by atoms with Gasteiger partial charge in [0.2, 0.25) is 0 Å². The molecule has 3 aromatic carbocycles. The van der Waals surface area contributed by atoms with Crippen LogP contribution in [-0.2, 0) is 0 Å². The third-order valence-electron chi connectivity index (χ3n) is 4.30. The lowest BCUT2D eigenvalue weighted by atomic mass is 10.1. The second kappa shape index (κ2) is 11.4. The van der Waals surface area contributed by atoms with Crippen molar-refractivity contribution in [3.8, 4) is 11.4 Å². The number of nitrogen functional groups attached to an aromatic ring is 2. The van der Waals surface area contributed by atoms with Gasteiger partial charge in [-0.3, -0.25) is 9.59 Å². The molecule has 1 heterocycles. The summed E-state index contributed by atoms with van der Waals surface area (Å²) in [6.45, 7) is 0. The van der Waals surface area contributed by atoms with Crippen LogP contribution in [0.2, 0.25) is 0 Å². The van der Waals surface area contributed by atoms with Crippen molar-refractivity contribution in [1.29, 1.82) is 0 Å². The van der Waals surface area contributed by atoms with Crippen LogP contribution < -0.4 is 22.9 Å². The van der Waals surface area contributed by atoms with Gasteiger partial charge in [-0.25, -0.2) is 4.98 Å². The van der Waals surface area contributed by atoms with Crippen LogP contribution >= 0.6 is 40.7 Å². The Balaban J connectivity index is 0.000000342. The molecule has 0 unspecified atom stereocenters. The summed E-state index contributed by atoms with van der Waals surface area (Å²) in [7, 11) is 0. The van der Waals surface area contributed by atoms with E-state index in [0.717, 1.165) is 21.4 Å². The molecule has 0 atom stereocenters. The Hall–Kier alpha value is -3.27. The number of H-pyrrole nitrogens is 1. The summed E-state index contributed by atoms with van der Waals surface area (Å²) < 4.78 is 1.00.